The van der Waals surface area contributed by atoms with Crippen molar-refractivity contribution in [1.82, 2.24) is 10.6 Å². The lowest BCUT2D eigenvalue weighted by atomic mass is 10.1. The molecule has 2 aromatic carbocycles. The highest BCUT2D eigenvalue weighted by Crippen LogP contribution is 2.14. The summed E-state index contributed by atoms with van der Waals surface area (Å²) in [5, 5.41) is 9.34. The van der Waals surface area contributed by atoms with Gasteiger partial charge < -0.3 is 20.1 Å². The predicted octanol–water partition coefficient (Wildman–Crippen LogP) is 4.57. The normalized spacial score (nSPS) is 11.2. The summed E-state index contributed by atoms with van der Waals surface area (Å²) in [6, 6.07) is 15.6. The van der Waals surface area contributed by atoms with Crippen LogP contribution < -0.4 is 20.7 Å². The third-order valence-electron chi connectivity index (χ3n) is 4.12. The fourth-order valence-electron chi connectivity index (χ4n) is 2.69. The first-order chi connectivity index (χ1) is 14.3. The maximum absolute atomic E-state index is 11.8. The molecule has 0 radical (unpaired) electrons. The van der Waals surface area contributed by atoms with Crippen LogP contribution in [-0.4, -0.2) is 38.4 Å². The van der Waals surface area contributed by atoms with Crippen molar-refractivity contribution in [1.29, 1.82) is 0 Å². The van der Waals surface area contributed by atoms with E-state index in [4.69, 9.17) is 9.47 Å². The van der Waals surface area contributed by atoms with Crippen LogP contribution in [0.25, 0.3) is 0 Å². The van der Waals surface area contributed by atoms with Gasteiger partial charge in [-0.1, -0.05) is 24.3 Å². The Morgan fingerprint density at radius 1 is 1.03 bits per heavy atom. The third kappa shape index (κ3) is 10.4. The molecule has 0 heterocycles. The van der Waals surface area contributed by atoms with E-state index in [0.717, 1.165) is 35.8 Å². The number of halogens is 1. The number of benzene rings is 2. The second-order valence-electron chi connectivity index (χ2n) is 7.78. The van der Waals surface area contributed by atoms with E-state index in [1.165, 1.54) is 0 Å². The Labute approximate surface area is 202 Å². The molecule has 8 heteroatoms. The van der Waals surface area contributed by atoms with Crippen LogP contribution in [0.1, 0.15) is 31.9 Å². The Bertz CT molecular complexity index is 849. The number of carbonyl (C=O) groups excluding carboxylic acids is 1. The third-order valence-corrected chi connectivity index (χ3v) is 4.12. The van der Waals surface area contributed by atoms with Crippen LogP contribution in [-0.2, 0) is 17.7 Å². The number of hydrogen-bond donors (Lipinski definition) is 3. The van der Waals surface area contributed by atoms with E-state index in [-0.39, 0.29) is 24.0 Å². The Kier molecular flexibility index (Phi) is 11.2. The summed E-state index contributed by atoms with van der Waals surface area (Å²) in [6.45, 7) is 6.89. The quantitative estimate of drug-likeness (QED) is 0.272. The van der Waals surface area contributed by atoms with E-state index in [9.17, 15) is 4.79 Å². The molecular weight excluding hydrogens is 507 g/mol. The van der Waals surface area contributed by atoms with Gasteiger partial charge in [0, 0.05) is 25.8 Å². The van der Waals surface area contributed by atoms with Crippen molar-refractivity contribution in [3.63, 3.8) is 0 Å². The smallest absolute Gasteiger partial charge is 0.412 e. The highest BCUT2D eigenvalue weighted by molar-refractivity contribution is 14.0. The maximum Gasteiger partial charge on any atom is 0.412 e. The number of guanidine groups is 1. The molecule has 7 nitrogen and oxygen atoms in total. The first-order valence-electron chi connectivity index (χ1n) is 9.95. The van der Waals surface area contributed by atoms with Crippen LogP contribution in [0.2, 0.25) is 0 Å². The molecule has 0 spiro atoms. The van der Waals surface area contributed by atoms with Gasteiger partial charge in [-0.05, 0) is 62.6 Å². The molecule has 3 N–H and O–H groups in total. The number of carbonyl (C=O) groups is 1. The molecule has 0 fully saturated rings. The molecule has 0 unspecified atom stereocenters. The molecule has 0 aliphatic rings. The van der Waals surface area contributed by atoms with Crippen molar-refractivity contribution in [2.24, 2.45) is 4.99 Å². The lowest BCUT2D eigenvalue weighted by Crippen LogP contribution is -2.37. The second-order valence-corrected chi connectivity index (χ2v) is 7.78. The average molecular weight is 540 g/mol. The number of amides is 1. The summed E-state index contributed by atoms with van der Waals surface area (Å²) >= 11 is 0. The van der Waals surface area contributed by atoms with Gasteiger partial charge in [0.1, 0.15) is 11.4 Å². The van der Waals surface area contributed by atoms with Crippen LogP contribution in [0, 0.1) is 0 Å². The highest BCUT2D eigenvalue weighted by atomic mass is 127. The minimum absolute atomic E-state index is 0. The molecule has 0 bridgehead atoms. The summed E-state index contributed by atoms with van der Waals surface area (Å²) in [7, 11) is 3.41. The predicted molar refractivity (Wildman–Crippen MR) is 137 cm³/mol. The number of rotatable bonds is 7. The van der Waals surface area contributed by atoms with Crippen molar-refractivity contribution in [3.8, 4) is 5.75 Å². The number of aliphatic imine (C=N–C) groups is 1. The number of nitrogens with zero attached hydrogens (tertiary/aromatic N) is 1. The molecule has 1 amide bonds. The fraction of sp³-hybridized carbons (Fsp3) is 0.391. The van der Waals surface area contributed by atoms with Crippen LogP contribution in [0.4, 0.5) is 10.5 Å². The van der Waals surface area contributed by atoms with Crippen molar-refractivity contribution < 1.29 is 14.3 Å². The molecule has 0 saturated carbocycles. The average Bonchev–Trinajstić information content (AvgIpc) is 2.70. The van der Waals surface area contributed by atoms with Gasteiger partial charge in [-0.3, -0.25) is 10.3 Å². The molecule has 0 aromatic heterocycles. The molecule has 0 atom stereocenters. The van der Waals surface area contributed by atoms with E-state index in [1.54, 1.807) is 14.2 Å². The molecule has 0 aliphatic carbocycles. The van der Waals surface area contributed by atoms with Gasteiger partial charge in [0.15, 0.2) is 5.96 Å². The van der Waals surface area contributed by atoms with Crippen molar-refractivity contribution in [2.45, 2.75) is 39.3 Å². The molecule has 170 valence electrons. The highest BCUT2D eigenvalue weighted by Gasteiger charge is 2.16. The molecule has 2 aromatic rings. The van der Waals surface area contributed by atoms with E-state index >= 15 is 0 Å². The lowest BCUT2D eigenvalue weighted by Gasteiger charge is -2.19. The second kappa shape index (κ2) is 13.0. The number of ether oxygens (including phenoxy) is 2. The van der Waals surface area contributed by atoms with Crippen molar-refractivity contribution in [2.75, 3.05) is 26.0 Å². The Hall–Kier alpha value is -2.49. The standard InChI is InChI=1S/C23H32N4O3.HI/c1-23(2,3)30-22(28)27-19-11-9-17(10-12-19)13-14-25-21(24-4)26-16-18-7-6-8-20(15-18)29-5;/h6-12,15H,13-14,16H2,1-5H3,(H,27,28)(H2,24,25,26);1H. The molecule has 31 heavy (non-hydrogen) atoms. The summed E-state index contributed by atoms with van der Waals surface area (Å²) in [5.74, 6) is 1.57. The van der Waals surface area contributed by atoms with Gasteiger partial charge in [-0.25, -0.2) is 4.79 Å². The summed E-state index contributed by atoms with van der Waals surface area (Å²) in [4.78, 5) is 16.1. The zero-order valence-electron chi connectivity index (χ0n) is 18.8. The Morgan fingerprint density at radius 2 is 1.74 bits per heavy atom. The Balaban J connectivity index is 0.00000480. The lowest BCUT2D eigenvalue weighted by molar-refractivity contribution is 0.0636. The van der Waals surface area contributed by atoms with Gasteiger partial charge in [-0.15, -0.1) is 24.0 Å². The summed E-state index contributed by atoms with van der Waals surface area (Å²) in [6.07, 6.45) is 0.370. The van der Waals surface area contributed by atoms with Gasteiger partial charge >= 0.3 is 6.09 Å². The van der Waals surface area contributed by atoms with E-state index in [0.29, 0.717) is 12.2 Å². The minimum atomic E-state index is -0.519. The van der Waals surface area contributed by atoms with Gasteiger partial charge in [0.25, 0.3) is 0 Å². The first-order valence-corrected chi connectivity index (χ1v) is 9.95. The van der Waals surface area contributed by atoms with E-state index in [2.05, 4.69) is 20.9 Å². The fourth-order valence-corrected chi connectivity index (χ4v) is 2.69. The number of nitrogens with one attached hydrogen (secondary N) is 3. The zero-order chi connectivity index (χ0) is 22.0. The van der Waals surface area contributed by atoms with E-state index in [1.807, 2.05) is 69.3 Å². The molecular formula is C23H33IN4O3. The van der Waals surface area contributed by atoms with Gasteiger partial charge in [0.05, 0.1) is 7.11 Å². The Morgan fingerprint density at radius 3 is 2.35 bits per heavy atom. The molecule has 0 aliphatic heterocycles. The van der Waals surface area contributed by atoms with E-state index < -0.39 is 11.7 Å². The van der Waals surface area contributed by atoms with Crippen molar-refractivity contribution >= 4 is 41.7 Å². The van der Waals surface area contributed by atoms with Gasteiger partial charge in [0.2, 0.25) is 0 Å². The number of hydrogen-bond acceptors (Lipinski definition) is 4. The zero-order valence-corrected chi connectivity index (χ0v) is 21.2. The summed E-state index contributed by atoms with van der Waals surface area (Å²) < 4.78 is 10.5. The molecule has 0 saturated heterocycles. The van der Waals surface area contributed by atoms with Crippen LogP contribution in [0.3, 0.4) is 0 Å². The first kappa shape index (κ1) is 26.5. The maximum atomic E-state index is 11.8. The topological polar surface area (TPSA) is 84.0 Å². The van der Waals surface area contributed by atoms with Crippen LogP contribution >= 0.6 is 24.0 Å². The van der Waals surface area contributed by atoms with Crippen LogP contribution in [0.15, 0.2) is 53.5 Å². The van der Waals surface area contributed by atoms with Crippen LogP contribution in [0.5, 0.6) is 5.75 Å². The number of methoxy groups -OCH3 is 1. The largest absolute Gasteiger partial charge is 0.497 e. The van der Waals surface area contributed by atoms with Gasteiger partial charge in [-0.2, -0.15) is 0 Å². The molecule has 2 rings (SSSR count). The minimum Gasteiger partial charge on any atom is -0.497 e. The SMILES string of the molecule is CN=C(NCCc1ccc(NC(=O)OC(C)(C)C)cc1)NCc1cccc(OC)c1.I. The monoisotopic (exact) mass is 540 g/mol. The summed E-state index contributed by atoms with van der Waals surface area (Å²) in [5.41, 5.74) is 2.46. The van der Waals surface area contributed by atoms with Crippen molar-refractivity contribution in [3.05, 3.63) is 59.7 Å². The number of anilines is 1.